The first-order chi connectivity index (χ1) is 6.74. The van der Waals surface area contributed by atoms with Gasteiger partial charge < -0.3 is 5.32 Å². The van der Waals surface area contributed by atoms with E-state index in [1.165, 1.54) is 19.3 Å². The molecule has 1 N–H and O–H groups in total. The molecule has 14 heavy (non-hydrogen) atoms. The maximum Gasteiger partial charge on any atom is 0.148 e. The number of aromatic nitrogens is 2. The van der Waals surface area contributed by atoms with Crippen LogP contribution < -0.4 is 5.32 Å². The van der Waals surface area contributed by atoms with Crippen LogP contribution in [0.2, 0.25) is 0 Å². The zero-order valence-electron chi connectivity index (χ0n) is 8.88. The standard InChI is InChI=1S/C11H17N3/c1-3-11(4-5-11)8-12-10-6-9(2)7-13-14-10/h6-7H,3-5,8H2,1-2H3,(H,12,14). The highest BCUT2D eigenvalue weighted by atomic mass is 15.2. The second kappa shape index (κ2) is 3.56. The molecule has 0 aromatic carbocycles. The average molecular weight is 191 g/mol. The molecule has 3 nitrogen and oxygen atoms in total. The first kappa shape index (κ1) is 9.44. The maximum absolute atomic E-state index is 4.04. The lowest BCUT2D eigenvalue weighted by Crippen LogP contribution is -2.15. The Morgan fingerprint density at radius 2 is 2.29 bits per heavy atom. The van der Waals surface area contributed by atoms with Crippen molar-refractivity contribution in [3.8, 4) is 0 Å². The van der Waals surface area contributed by atoms with E-state index < -0.39 is 0 Å². The van der Waals surface area contributed by atoms with Gasteiger partial charge in [-0.15, -0.1) is 5.10 Å². The van der Waals surface area contributed by atoms with Crippen LogP contribution in [0.3, 0.4) is 0 Å². The zero-order valence-corrected chi connectivity index (χ0v) is 8.88. The summed E-state index contributed by atoms with van der Waals surface area (Å²) in [4.78, 5) is 0. The van der Waals surface area contributed by atoms with E-state index in [0.29, 0.717) is 5.41 Å². The van der Waals surface area contributed by atoms with Gasteiger partial charge in [-0.1, -0.05) is 6.92 Å². The van der Waals surface area contributed by atoms with E-state index in [9.17, 15) is 0 Å². The highest BCUT2D eigenvalue weighted by molar-refractivity contribution is 5.35. The lowest BCUT2D eigenvalue weighted by molar-refractivity contribution is 0.520. The van der Waals surface area contributed by atoms with Gasteiger partial charge in [0.2, 0.25) is 0 Å². The van der Waals surface area contributed by atoms with Crippen LogP contribution in [0.25, 0.3) is 0 Å². The van der Waals surface area contributed by atoms with Gasteiger partial charge >= 0.3 is 0 Å². The molecular weight excluding hydrogens is 174 g/mol. The Morgan fingerprint density at radius 1 is 1.50 bits per heavy atom. The normalized spacial score (nSPS) is 17.9. The third kappa shape index (κ3) is 2.03. The summed E-state index contributed by atoms with van der Waals surface area (Å²) in [7, 11) is 0. The molecule has 3 heteroatoms. The topological polar surface area (TPSA) is 37.8 Å². The molecule has 0 aliphatic heterocycles. The summed E-state index contributed by atoms with van der Waals surface area (Å²) >= 11 is 0. The molecule has 0 saturated heterocycles. The minimum absolute atomic E-state index is 0.561. The van der Waals surface area contributed by atoms with E-state index in [0.717, 1.165) is 17.9 Å². The largest absolute Gasteiger partial charge is 0.368 e. The van der Waals surface area contributed by atoms with Crippen molar-refractivity contribution in [3.05, 3.63) is 17.8 Å². The summed E-state index contributed by atoms with van der Waals surface area (Å²) < 4.78 is 0. The van der Waals surface area contributed by atoms with Crippen LogP contribution in [0.1, 0.15) is 31.7 Å². The van der Waals surface area contributed by atoms with Crippen LogP contribution in [-0.4, -0.2) is 16.7 Å². The molecule has 76 valence electrons. The maximum atomic E-state index is 4.04. The number of aryl methyl sites for hydroxylation is 1. The molecule has 0 spiro atoms. The number of nitrogens with zero attached hydrogens (tertiary/aromatic N) is 2. The van der Waals surface area contributed by atoms with Gasteiger partial charge in [0.05, 0.1) is 6.20 Å². The average Bonchev–Trinajstić information content (AvgIpc) is 2.96. The van der Waals surface area contributed by atoms with Crippen molar-refractivity contribution in [1.29, 1.82) is 0 Å². The molecular formula is C11H17N3. The van der Waals surface area contributed by atoms with Gasteiger partial charge in [0.1, 0.15) is 5.82 Å². The van der Waals surface area contributed by atoms with Gasteiger partial charge in [0.15, 0.2) is 0 Å². The smallest absolute Gasteiger partial charge is 0.148 e. The van der Waals surface area contributed by atoms with Gasteiger partial charge in [0, 0.05) is 6.54 Å². The van der Waals surface area contributed by atoms with E-state index >= 15 is 0 Å². The predicted molar refractivity (Wildman–Crippen MR) is 57.2 cm³/mol. The molecule has 1 fully saturated rings. The highest BCUT2D eigenvalue weighted by Gasteiger charge is 2.40. The number of hydrogen-bond acceptors (Lipinski definition) is 3. The fraction of sp³-hybridized carbons (Fsp3) is 0.636. The first-order valence-electron chi connectivity index (χ1n) is 5.27. The summed E-state index contributed by atoms with van der Waals surface area (Å²) in [6.45, 7) is 5.34. The van der Waals surface area contributed by atoms with Crippen molar-refractivity contribution < 1.29 is 0 Å². The summed E-state index contributed by atoms with van der Waals surface area (Å²) in [6, 6.07) is 2.04. The van der Waals surface area contributed by atoms with E-state index in [4.69, 9.17) is 0 Å². The molecule has 1 aliphatic carbocycles. The summed E-state index contributed by atoms with van der Waals surface area (Å²) in [6.07, 6.45) is 5.75. The fourth-order valence-electron chi connectivity index (χ4n) is 1.66. The number of anilines is 1. The minimum Gasteiger partial charge on any atom is -0.368 e. The lowest BCUT2D eigenvalue weighted by Gasteiger charge is -2.13. The second-order valence-electron chi connectivity index (χ2n) is 4.33. The lowest BCUT2D eigenvalue weighted by atomic mass is 10.0. The first-order valence-corrected chi connectivity index (χ1v) is 5.27. The van der Waals surface area contributed by atoms with Crippen LogP contribution in [0.5, 0.6) is 0 Å². The molecule has 0 amide bonds. The monoisotopic (exact) mass is 191 g/mol. The van der Waals surface area contributed by atoms with Crippen LogP contribution >= 0.6 is 0 Å². The van der Waals surface area contributed by atoms with E-state index in [1.54, 1.807) is 6.20 Å². The van der Waals surface area contributed by atoms with Crippen molar-refractivity contribution in [2.45, 2.75) is 33.1 Å². The minimum atomic E-state index is 0.561. The molecule has 1 aliphatic rings. The van der Waals surface area contributed by atoms with Crippen LogP contribution in [-0.2, 0) is 0 Å². The van der Waals surface area contributed by atoms with Crippen molar-refractivity contribution >= 4 is 5.82 Å². The Hall–Kier alpha value is -1.12. The molecule has 2 rings (SSSR count). The highest BCUT2D eigenvalue weighted by Crippen LogP contribution is 2.48. The molecule has 0 atom stereocenters. The van der Waals surface area contributed by atoms with Crippen LogP contribution in [0.15, 0.2) is 12.3 Å². The molecule has 0 radical (unpaired) electrons. The van der Waals surface area contributed by atoms with Gasteiger partial charge in [-0.25, -0.2) is 0 Å². The Kier molecular flexibility index (Phi) is 2.40. The molecule has 1 aromatic heterocycles. The Balaban J connectivity index is 1.92. The third-order valence-electron chi connectivity index (χ3n) is 3.14. The predicted octanol–water partition coefficient (Wildman–Crippen LogP) is 2.39. The van der Waals surface area contributed by atoms with E-state index in [-0.39, 0.29) is 0 Å². The van der Waals surface area contributed by atoms with Crippen LogP contribution in [0.4, 0.5) is 5.82 Å². The fourth-order valence-corrected chi connectivity index (χ4v) is 1.66. The van der Waals surface area contributed by atoms with Crippen LogP contribution in [0, 0.1) is 12.3 Å². The Morgan fingerprint density at radius 3 is 2.86 bits per heavy atom. The molecule has 1 aromatic rings. The summed E-state index contributed by atoms with van der Waals surface area (Å²) in [5.41, 5.74) is 1.72. The van der Waals surface area contributed by atoms with Crippen molar-refractivity contribution in [2.24, 2.45) is 5.41 Å². The van der Waals surface area contributed by atoms with E-state index in [2.05, 4.69) is 22.4 Å². The second-order valence-corrected chi connectivity index (χ2v) is 4.33. The molecule has 1 heterocycles. The van der Waals surface area contributed by atoms with Gasteiger partial charge in [-0.3, -0.25) is 0 Å². The SMILES string of the molecule is CCC1(CNc2cc(C)cnn2)CC1. The molecule has 0 bridgehead atoms. The van der Waals surface area contributed by atoms with Crippen molar-refractivity contribution in [3.63, 3.8) is 0 Å². The van der Waals surface area contributed by atoms with Crippen molar-refractivity contribution in [2.75, 3.05) is 11.9 Å². The Labute approximate surface area is 84.9 Å². The Bertz CT molecular complexity index is 318. The van der Waals surface area contributed by atoms with Gasteiger partial charge in [0.25, 0.3) is 0 Å². The molecule has 0 unspecified atom stereocenters. The van der Waals surface area contributed by atoms with Crippen molar-refractivity contribution in [1.82, 2.24) is 10.2 Å². The van der Waals surface area contributed by atoms with Gasteiger partial charge in [-0.2, -0.15) is 5.10 Å². The third-order valence-corrected chi connectivity index (χ3v) is 3.14. The zero-order chi connectivity index (χ0) is 10.0. The summed E-state index contributed by atoms with van der Waals surface area (Å²) in [5, 5.41) is 11.3. The van der Waals surface area contributed by atoms with Gasteiger partial charge in [-0.05, 0) is 43.2 Å². The quantitative estimate of drug-likeness (QED) is 0.794. The molecule has 1 saturated carbocycles. The number of hydrogen-bond donors (Lipinski definition) is 1. The number of nitrogens with one attached hydrogen (secondary N) is 1. The summed E-state index contributed by atoms with van der Waals surface area (Å²) in [5.74, 6) is 0.907. The van der Waals surface area contributed by atoms with E-state index in [1.807, 2.05) is 13.0 Å². The number of rotatable bonds is 4.